The number of benzene rings is 2. The van der Waals surface area contributed by atoms with E-state index in [0.29, 0.717) is 23.0 Å². The molecule has 5 nitrogen and oxygen atoms in total. The first kappa shape index (κ1) is 15.9. The third kappa shape index (κ3) is 2.69. The Morgan fingerprint density at radius 1 is 0.667 bits per heavy atom. The quantitative estimate of drug-likeness (QED) is 0.649. The Hall–Kier alpha value is -2.95. The minimum Gasteiger partial charge on any atom is -0.493 e. The summed E-state index contributed by atoms with van der Waals surface area (Å²) in [5.74, 6) is 3.35. The molecule has 24 heavy (non-hydrogen) atoms. The Labute approximate surface area is 140 Å². The number of fused-ring (bicyclic) bond motifs is 1. The van der Waals surface area contributed by atoms with Gasteiger partial charge in [-0.3, -0.25) is 0 Å². The standard InChI is InChI=1S/C19H19O5/c1-20-15-6-5-13(10-16(15)21-2)19-14-11-18(23-4)17(22-3)9-12(14)7-8-24-19/h5-11H,1-4H3/q+1. The summed E-state index contributed by atoms with van der Waals surface area (Å²) in [4.78, 5) is 0. The van der Waals surface area contributed by atoms with Crippen LogP contribution in [0, 0.1) is 0 Å². The van der Waals surface area contributed by atoms with E-state index in [9.17, 15) is 0 Å². The van der Waals surface area contributed by atoms with Crippen molar-refractivity contribution in [1.82, 2.24) is 0 Å². The van der Waals surface area contributed by atoms with Gasteiger partial charge >= 0.3 is 12.0 Å². The minimum atomic E-state index is 0.641. The van der Waals surface area contributed by atoms with Crippen molar-refractivity contribution >= 4 is 10.8 Å². The normalized spacial score (nSPS) is 10.5. The van der Waals surface area contributed by atoms with Gasteiger partial charge in [-0.25, -0.2) is 4.42 Å². The second-order valence-electron chi connectivity index (χ2n) is 5.11. The third-order valence-electron chi connectivity index (χ3n) is 3.88. The minimum absolute atomic E-state index is 0.641. The van der Waals surface area contributed by atoms with Crippen LogP contribution in [-0.2, 0) is 0 Å². The maximum Gasteiger partial charge on any atom is 0.367 e. The van der Waals surface area contributed by atoms with Crippen LogP contribution in [0.15, 0.2) is 47.1 Å². The van der Waals surface area contributed by atoms with Gasteiger partial charge in [-0.15, -0.1) is 0 Å². The molecular weight excluding hydrogens is 308 g/mol. The lowest BCUT2D eigenvalue weighted by Gasteiger charge is -2.09. The van der Waals surface area contributed by atoms with Crippen molar-refractivity contribution in [3.8, 4) is 34.3 Å². The molecule has 124 valence electrons. The van der Waals surface area contributed by atoms with E-state index in [1.54, 1.807) is 34.7 Å². The highest BCUT2D eigenvalue weighted by atomic mass is 16.5. The predicted octanol–water partition coefficient (Wildman–Crippen LogP) is 4.42. The molecule has 0 saturated carbocycles. The van der Waals surface area contributed by atoms with Gasteiger partial charge in [0.05, 0.1) is 39.4 Å². The average Bonchev–Trinajstić information content (AvgIpc) is 2.65. The number of ether oxygens (including phenoxy) is 4. The van der Waals surface area contributed by atoms with Crippen molar-refractivity contribution in [2.45, 2.75) is 0 Å². The molecule has 5 heteroatoms. The van der Waals surface area contributed by atoms with Crippen LogP contribution >= 0.6 is 0 Å². The van der Waals surface area contributed by atoms with Crippen LogP contribution in [0.3, 0.4) is 0 Å². The molecule has 0 aliphatic rings. The smallest absolute Gasteiger partial charge is 0.367 e. The van der Waals surface area contributed by atoms with E-state index in [1.165, 1.54) is 0 Å². The van der Waals surface area contributed by atoms with E-state index in [-0.39, 0.29) is 0 Å². The Kier molecular flexibility index (Phi) is 4.42. The molecular formula is C19H19O5+. The zero-order valence-electron chi connectivity index (χ0n) is 14.1. The molecule has 1 heterocycles. The molecule has 0 N–H and O–H groups in total. The highest BCUT2D eigenvalue weighted by molar-refractivity contribution is 5.95. The first-order valence-corrected chi connectivity index (χ1v) is 7.40. The van der Waals surface area contributed by atoms with E-state index in [4.69, 9.17) is 23.4 Å². The van der Waals surface area contributed by atoms with E-state index in [1.807, 2.05) is 36.4 Å². The zero-order valence-corrected chi connectivity index (χ0v) is 14.1. The van der Waals surface area contributed by atoms with Gasteiger partial charge < -0.3 is 18.9 Å². The lowest BCUT2D eigenvalue weighted by molar-refractivity contribution is 0.355. The summed E-state index contributed by atoms with van der Waals surface area (Å²) < 4.78 is 27.2. The molecule has 0 amide bonds. The molecule has 1 aromatic heterocycles. The first-order chi connectivity index (χ1) is 11.7. The van der Waals surface area contributed by atoms with Crippen LogP contribution in [0.1, 0.15) is 0 Å². The van der Waals surface area contributed by atoms with E-state index >= 15 is 0 Å². The summed E-state index contributed by atoms with van der Waals surface area (Å²) in [6.45, 7) is 0. The van der Waals surface area contributed by atoms with Crippen LogP contribution in [-0.4, -0.2) is 28.4 Å². The van der Waals surface area contributed by atoms with Gasteiger partial charge in [0.15, 0.2) is 23.0 Å². The second kappa shape index (κ2) is 6.66. The monoisotopic (exact) mass is 327 g/mol. The molecule has 2 aromatic carbocycles. The van der Waals surface area contributed by atoms with E-state index in [0.717, 1.165) is 22.1 Å². The number of rotatable bonds is 5. The van der Waals surface area contributed by atoms with Crippen molar-refractivity contribution in [3.63, 3.8) is 0 Å². The second-order valence-corrected chi connectivity index (χ2v) is 5.11. The van der Waals surface area contributed by atoms with Gasteiger partial charge in [0, 0.05) is 23.6 Å². The summed E-state index contributed by atoms with van der Waals surface area (Å²) in [5, 5.41) is 1.91. The van der Waals surface area contributed by atoms with Crippen molar-refractivity contribution in [2.24, 2.45) is 0 Å². The van der Waals surface area contributed by atoms with Crippen LogP contribution < -0.4 is 18.9 Å². The lowest BCUT2D eigenvalue weighted by atomic mass is 10.0. The number of methoxy groups -OCH3 is 4. The first-order valence-electron chi connectivity index (χ1n) is 7.40. The molecule has 0 fully saturated rings. The van der Waals surface area contributed by atoms with Gasteiger partial charge in [0.2, 0.25) is 0 Å². The van der Waals surface area contributed by atoms with Crippen LogP contribution in [0.25, 0.3) is 22.1 Å². The van der Waals surface area contributed by atoms with Crippen molar-refractivity contribution in [1.29, 1.82) is 0 Å². The van der Waals surface area contributed by atoms with Gasteiger partial charge in [0.25, 0.3) is 0 Å². The largest absolute Gasteiger partial charge is 0.493 e. The van der Waals surface area contributed by atoms with Gasteiger partial charge in [-0.1, -0.05) is 0 Å². The summed E-state index contributed by atoms with van der Waals surface area (Å²) in [6.07, 6.45) is 1.65. The fraction of sp³-hybridized carbons (Fsp3) is 0.211. The summed E-state index contributed by atoms with van der Waals surface area (Å²) in [6, 6.07) is 11.4. The van der Waals surface area contributed by atoms with Gasteiger partial charge in [-0.2, -0.15) is 0 Å². The number of hydrogen-bond acceptors (Lipinski definition) is 4. The predicted molar refractivity (Wildman–Crippen MR) is 92.3 cm³/mol. The van der Waals surface area contributed by atoms with Gasteiger partial charge in [-0.05, 0) is 18.2 Å². The zero-order chi connectivity index (χ0) is 17.1. The molecule has 0 atom stereocenters. The lowest BCUT2D eigenvalue weighted by Crippen LogP contribution is -1.93. The number of hydrogen-bond donors (Lipinski definition) is 0. The van der Waals surface area contributed by atoms with E-state index < -0.39 is 0 Å². The summed E-state index contributed by atoms with van der Waals surface area (Å²) in [7, 11) is 6.44. The molecule has 0 saturated heterocycles. The molecule has 0 aliphatic heterocycles. The molecule has 3 aromatic rings. The van der Waals surface area contributed by atoms with Crippen LogP contribution in [0.2, 0.25) is 0 Å². The topological polar surface area (TPSA) is 48.2 Å². The fourth-order valence-corrected chi connectivity index (χ4v) is 2.67. The molecule has 0 radical (unpaired) electrons. The maximum atomic E-state index is 5.78. The molecule has 0 aliphatic carbocycles. The highest BCUT2D eigenvalue weighted by Crippen LogP contribution is 2.39. The van der Waals surface area contributed by atoms with Crippen molar-refractivity contribution < 1.29 is 23.4 Å². The van der Waals surface area contributed by atoms with Crippen molar-refractivity contribution in [3.05, 3.63) is 42.7 Å². The van der Waals surface area contributed by atoms with Crippen LogP contribution in [0.5, 0.6) is 23.0 Å². The molecule has 3 rings (SSSR count). The summed E-state index contributed by atoms with van der Waals surface area (Å²) in [5.41, 5.74) is 0.880. The maximum absolute atomic E-state index is 5.78. The Morgan fingerprint density at radius 2 is 1.29 bits per heavy atom. The average molecular weight is 327 g/mol. The Bertz CT molecular complexity index is 873. The third-order valence-corrected chi connectivity index (χ3v) is 3.88. The molecule has 0 bridgehead atoms. The van der Waals surface area contributed by atoms with E-state index in [2.05, 4.69) is 0 Å². The SMILES string of the molecule is COc1ccc(-c2[o+]ccc3cc(OC)c(OC)cc23)cc1OC. The Balaban J connectivity index is 2.23. The summed E-state index contributed by atoms with van der Waals surface area (Å²) >= 11 is 0. The fourth-order valence-electron chi connectivity index (χ4n) is 2.67. The molecule has 0 spiro atoms. The van der Waals surface area contributed by atoms with Gasteiger partial charge in [0.1, 0.15) is 0 Å². The highest BCUT2D eigenvalue weighted by Gasteiger charge is 2.21. The van der Waals surface area contributed by atoms with Crippen molar-refractivity contribution in [2.75, 3.05) is 28.4 Å². The van der Waals surface area contributed by atoms with Crippen LogP contribution in [0.4, 0.5) is 0 Å². The Morgan fingerprint density at radius 3 is 1.96 bits per heavy atom. The molecule has 0 unspecified atom stereocenters.